The molecule has 0 saturated carbocycles. The Morgan fingerprint density at radius 3 is 2.53 bits per heavy atom. The molecular weight excluding hydrogens is 430 g/mol. The summed E-state index contributed by atoms with van der Waals surface area (Å²) in [6.45, 7) is 1.24. The lowest BCUT2D eigenvalue weighted by molar-refractivity contribution is 0.0694. The van der Waals surface area contributed by atoms with E-state index in [1.54, 1.807) is 31.4 Å². The standard InChI is InChI=1S/C23H20ClN5O3/c1-32-17-9-7-16(8-10-17)27-23(26-14-25)28-11-12-29-18(13-28)19(22(30)31)20(24)21(29)15-5-3-2-4-6-15/h2-10H,11-13H2,1H3,(H,26,27)(H,30,31). The molecule has 8 nitrogen and oxygen atoms in total. The molecule has 0 radical (unpaired) electrons. The summed E-state index contributed by atoms with van der Waals surface area (Å²) >= 11 is 6.57. The van der Waals surface area contributed by atoms with Gasteiger partial charge in [0.05, 0.1) is 35.8 Å². The normalized spacial score (nSPS) is 13.3. The highest BCUT2D eigenvalue weighted by molar-refractivity contribution is 6.36. The van der Waals surface area contributed by atoms with E-state index in [4.69, 9.17) is 16.3 Å². The Morgan fingerprint density at radius 2 is 1.91 bits per heavy atom. The summed E-state index contributed by atoms with van der Waals surface area (Å²) in [7, 11) is 1.58. The van der Waals surface area contributed by atoms with Crippen LogP contribution in [0.5, 0.6) is 5.75 Å². The maximum absolute atomic E-state index is 12.1. The van der Waals surface area contributed by atoms with Gasteiger partial charge in [0.1, 0.15) is 11.3 Å². The summed E-state index contributed by atoms with van der Waals surface area (Å²) in [6.07, 6.45) is 1.92. The van der Waals surface area contributed by atoms with Crippen molar-refractivity contribution in [3.05, 3.63) is 70.9 Å². The van der Waals surface area contributed by atoms with Crippen molar-refractivity contribution in [1.82, 2.24) is 14.8 Å². The van der Waals surface area contributed by atoms with Crippen LogP contribution in [0.2, 0.25) is 5.02 Å². The second kappa shape index (κ2) is 9.04. The van der Waals surface area contributed by atoms with Gasteiger partial charge in [-0.2, -0.15) is 5.26 Å². The van der Waals surface area contributed by atoms with E-state index in [-0.39, 0.29) is 17.1 Å². The maximum Gasteiger partial charge on any atom is 0.339 e. The summed E-state index contributed by atoms with van der Waals surface area (Å²) in [5, 5.41) is 22.0. The van der Waals surface area contributed by atoms with Crippen molar-refractivity contribution in [2.75, 3.05) is 13.7 Å². The zero-order chi connectivity index (χ0) is 22.7. The highest BCUT2D eigenvalue weighted by atomic mass is 35.5. The zero-order valence-corrected chi connectivity index (χ0v) is 18.0. The second-order valence-electron chi connectivity index (χ2n) is 7.10. The lowest BCUT2D eigenvalue weighted by atomic mass is 10.1. The van der Waals surface area contributed by atoms with Crippen LogP contribution in [-0.2, 0) is 13.1 Å². The van der Waals surface area contributed by atoms with E-state index in [1.807, 2.05) is 46.0 Å². The molecule has 2 N–H and O–H groups in total. The number of hydrogen-bond acceptors (Lipinski definition) is 4. The number of aromatic nitrogens is 1. The van der Waals surface area contributed by atoms with Crippen LogP contribution in [0.4, 0.5) is 5.69 Å². The first kappa shape index (κ1) is 21.3. The minimum absolute atomic E-state index is 0.0657. The van der Waals surface area contributed by atoms with Gasteiger partial charge in [0, 0.05) is 13.1 Å². The Morgan fingerprint density at radius 1 is 1.19 bits per heavy atom. The average Bonchev–Trinajstić information content (AvgIpc) is 3.11. The molecular formula is C23H20ClN5O3. The molecule has 1 aliphatic heterocycles. The van der Waals surface area contributed by atoms with Crippen LogP contribution in [0.3, 0.4) is 0 Å². The molecule has 2 heterocycles. The van der Waals surface area contributed by atoms with Crippen LogP contribution in [0.25, 0.3) is 11.3 Å². The minimum atomic E-state index is -1.09. The molecule has 1 aliphatic rings. The number of methoxy groups -OCH3 is 1. The van der Waals surface area contributed by atoms with Crippen LogP contribution in [0, 0.1) is 11.5 Å². The Hall–Kier alpha value is -3.96. The smallest absolute Gasteiger partial charge is 0.339 e. The van der Waals surface area contributed by atoms with E-state index in [0.717, 1.165) is 5.56 Å². The van der Waals surface area contributed by atoms with Gasteiger partial charge in [-0.05, 0) is 29.8 Å². The quantitative estimate of drug-likeness (QED) is 0.269. The molecule has 0 bridgehead atoms. The molecule has 0 atom stereocenters. The number of halogens is 1. The lowest BCUT2D eigenvalue weighted by Crippen LogP contribution is -2.44. The largest absolute Gasteiger partial charge is 0.497 e. The predicted molar refractivity (Wildman–Crippen MR) is 121 cm³/mol. The molecule has 32 heavy (non-hydrogen) atoms. The fraction of sp³-hybridized carbons (Fsp3) is 0.174. The Bertz CT molecular complexity index is 1210. The fourth-order valence-corrected chi connectivity index (χ4v) is 4.21. The monoisotopic (exact) mass is 449 g/mol. The third kappa shape index (κ3) is 3.98. The third-order valence-electron chi connectivity index (χ3n) is 5.28. The van der Waals surface area contributed by atoms with Crippen LogP contribution < -0.4 is 10.1 Å². The number of benzene rings is 2. The SMILES string of the molecule is COc1ccc(N=C(NC#N)N2CCn3c(c(C(=O)O)c(Cl)c3-c3ccccc3)C2)cc1. The molecule has 0 aliphatic carbocycles. The number of guanidine groups is 1. The van der Waals surface area contributed by atoms with Gasteiger partial charge in [-0.3, -0.25) is 5.32 Å². The number of carboxylic acid groups (broad SMARTS) is 1. The number of nitriles is 1. The molecule has 0 saturated heterocycles. The summed E-state index contributed by atoms with van der Waals surface area (Å²) in [5.41, 5.74) is 2.79. The van der Waals surface area contributed by atoms with Crippen LogP contribution in [0.15, 0.2) is 59.6 Å². The molecule has 9 heteroatoms. The van der Waals surface area contributed by atoms with Crippen molar-refractivity contribution in [2.24, 2.45) is 4.99 Å². The highest BCUT2D eigenvalue weighted by Crippen LogP contribution is 2.38. The van der Waals surface area contributed by atoms with Crippen molar-refractivity contribution >= 4 is 29.2 Å². The molecule has 0 amide bonds. The van der Waals surface area contributed by atoms with Crippen LogP contribution in [0.1, 0.15) is 16.1 Å². The predicted octanol–water partition coefficient (Wildman–Crippen LogP) is 4.09. The molecule has 1 aromatic heterocycles. The molecule has 0 unspecified atom stereocenters. The number of carboxylic acids is 1. The van der Waals surface area contributed by atoms with Crippen LogP contribution in [-0.4, -0.2) is 40.2 Å². The van der Waals surface area contributed by atoms with E-state index in [0.29, 0.717) is 41.9 Å². The summed E-state index contributed by atoms with van der Waals surface area (Å²) in [6, 6.07) is 16.6. The number of fused-ring (bicyclic) bond motifs is 1. The third-order valence-corrected chi connectivity index (χ3v) is 5.65. The summed E-state index contributed by atoms with van der Waals surface area (Å²) < 4.78 is 7.10. The van der Waals surface area contributed by atoms with E-state index in [2.05, 4.69) is 10.3 Å². The zero-order valence-electron chi connectivity index (χ0n) is 17.2. The molecule has 4 rings (SSSR count). The van der Waals surface area contributed by atoms with Gasteiger partial charge in [0.2, 0.25) is 5.96 Å². The Kier molecular flexibility index (Phi) is 6.01. The van der Waals surface area contributed by atoms with E-state index >= 15 is 0 Å². The van der Waals surface area contributed by atoms with Gasteiger partial charge >= 0.3 is 5.97 Å². The molecule has 2 aromatic carbocycles. The van der Waals surface area contributed by atoms with Gasteiger partial charge in [-0.25, -0.2) is 9.79 Å². The number of carbonyl (C=O) groups is 1. The van der Waals surface area contributed by atoms with E-state index < -0.39 is 5.97 Å². The molecule has 0 spiro atoms. The van der Waals surface area contributed by atoms with Gasteiger partial charge < -0.3 is 19.3 Å². The first-order chi connectivity index (χ1) is 15.5. The molecule has 0 fully saturated rings. The van der Waals surface area contributed by atoms with Crippen molar-refractivity contribution < 1.29 is 14.6 Å². The van der Waals surface area contributed by atoms with Gasteiger partial charge in [0.15, 0.2) is 6.19 Å². The first-order valence-electron chi connectivity index (χ1n) is 9.86. The molecule has 3 aromatic rings. The number of hydrogen-bond donors (Lipinski definition) is 2. The van der Waals surface area contributed by atoms with Crippen molar-refractivity contribution in [2.45, 2.75) is 13.1 Å². The second-order valence-corrected chi connectivity index (χ2v) is 7.48. The van der Waals surface area contributed by atoms with Crippen LogP contribution >= 0.6 is 11.6 Å². The first-order valence-corrected chi connectivity index (χ1v) is 10.2. The number of aromatic carboxylic acids is 1. The van der Waals surface area contributed by atoms with Gasteiger partial charge in [-0.1, -0.05) is 41.9 Å². The molecule has 162 valence electrons. The summed E-state index contributed by atoms with van der Waals surface area (Å²) in [5.74, 6) is -0.0627. The number of rotatable bonds is 4. The van der Waals surface area contributed by atoms with Crippen molar-refractivity contribution in [1.29, 1.82) is 5.26 Å². The minimum Gasteiger partial charge on any atom is -0.497 e. The van der Waals surface area contributed by atoms with Crippen molar-refractivity contribution in [3.8, 4) is 23.2 Å². The number of nitrogens with zero attached hydrogens (tertiary/aromatic N) is 4. The lowest BCUT2D eigenvalue weighted by Gasteiger charge is -2.31. The summed E-state index contributed by atoms with van der Waals surface area (Å²) in [4.78, 5) is 18.4. The average molecular weight is 450 g/mol. The van der Waals surface area contributed by atoms with E-state index in [1.165, 1.54) is 0 Å². The fourth-order valence-electron chi connectivity index (χ4n) is 3.81. The van der Waals surface area contributed by atoms with Gasteiger partial charge in [-0.15, -0.1) is 0 Å². The maximum atomic E-state index is 12.1. The topological polar surface area (TPSA) is 103 Å². The van der Waals surface area contributed by atoms with E-state index in [9.17, 15) is 15.2 Å². The van der Waals surface area contributed by atoms with Gasteiger partial charge in [0.25, 0.3) is 0 Å². The Balaban J connectivity index is 1.73. The number of aliphatic imine (C=N–C) groups is 1. The number of ether oxygens (including phenoxy) is 1. The highest BCUT2D eigenvalue weighted by Gasteiger charge is 2.31. The van der Waals surface area contributed by atoms with Crippen molar-refractivity contribution in [3.63, 3.8) is 0 Å². The number of nitrogens with one attached hydrogen (secondary N) is 1. The Labute approximate surface area is 189 Å².